The van der Waals surface area contributed by atoms with Gasteiger partial charge in [0, 0.05) is 24.3 Å². The molecule has 2 heterocycles. The molecule has 0 aliphatic carbocycles. The van der Waals surface area contributed by atoms with Gasteiger partial charge in [0.15, 0.2) is 6.20 Å². The van der Waals surface area contributed by atoms with Gasteiger partial charge >= 0.3 is 0 Å². The summed E-state index contributed by atoms with van der Waals surface area (Å²) in [6, 6.07) is 16.2. The van der Waals surface area contributed by atoms with Crippen LogP contribution in [0.5, 0.6) is 0 Å². The van der Waals surface area contributed by atoms with Crippen LogP contribution in [-0.4, -0.2) is 0 Å². The zero-order valence-electron chi connectivity index (χ0n) is 8.02. The van der Waals surface area contributed by atoms with Crippen molar-refractivity contribution in [1.29, 1.82) is 0 Å². The molecule has 0 saturated carbocycles. The van der Waals surface area contributed by atoms with E-state index in [0.29, 0.717) is 0 Å². The van der Waals surface area contributed by atoms with Gasteiger partial charge in [0.2, 0.25) is 11.0 Å². The highest BCUT2D eigenvalue weighted by atomic mass is 35.5. The molecule has 0 saturated heterocycles. The van der Waals surface area contributed by atoms with Gasteiger partial charge in [-0.15, -0.1) is 0 Å². The van der Waals surface area contributed by atoms with E-state index in [1.54, 1.807) is 0 Å². The number of pyridine rings is 2. The first-order chi connectivity index (χ1) is 7.36. The van der Waals surface area contributed by atoms with Crippen LogP contribution >= 0.6 is 11.6 Å². The van der Waals surface area contributed by atoms with Crippen LogP contribution in [0.4, 0.5) is 0 Å². The standard InChI is InChI=1S/C13H9ClN/c14-12-5-3-6-13-11(12)8-7-10-4-1-2-9-15(10)13/h1-9H/q+1. The Labute approximate surface area is 92.5 Å². The lowest BCUT2D eigenvalue weighted by molar-refractivity contribution is -0.481. The Morgan fingerprint density at radius 1 is 0.867 bits per heavy atom. The maximum atomic E-state index is 6.14. The lowest BCUT2D eigenvalue weighted by atomic mass is 10.2. The molecule has 1 aromatic carbocycles. The highest BCUT2D eigenvalue weighted by molar-refractivity contribution is 6.35. The molecule has 0 spiro atoms. The van der Waals surface area contributed by atoms with Crippen molar-refractivity contribution in [3.8, 4) is 0 Å². The molecule has 0 atom stereocenters. The summed E-state index contributed by atoms with van der Waals surface area (Å²) in [6.07, 6.45) is 2.05. The fraction of sp³-hybridized carbons (Fsp3) is 0. The number of hydrogen-bond donors (Lipinski definition) is 0. The molecule has 0 amide bonds. The molecule has 0 unspecified atom stereocenters. The Hall–Kier alpha value is -1.60. The van der Waals surface area contributed by atoms with Crippen molar-refractivity contribution in [1.82, 2.24) is 0 Å². The first-order valence-electron chi connectivity index (χ1n) is 4.84. The molecule has 0 aliphatic rings. The summed E-state index contributed by atoms with van der Waals surface area (Å²) in [5.41, 5.74) is 2.31. The van der Waals surface area contributed by atoms with Crippen LogP contribution in [0.25, 0.3) is 16.4 Å². The topological polar surface area (TPSA) is 4.10 Å². The number of hydrogen-bond acceptors (Lipinski definition) is 0. The number of fused-ring (bicyclic) bond motifs is 3. The molecule has 2 heteroatoms. The van der Waals surface area contributed by atoms with Crippen molar-refractivity contribution < 1.29 is 4.40 Å². The van der Waals surface area contributed by atoms with E-state index in [9.17, 15) is 0 Å². The maximum absolute atomic E-state index is 6.14. The number of rotatable bonds is 0. The Balaban J connectivity index is 2.60. The van der Waals surface area contributed by atoms with Crippen LogP contribution in [0.2, 0.25) is 5.02 Å². The fourth-order valence-corrected chi connectivity index (χ4v) is 2.11. The Kier molecular flexibility index (Phi) is 1.86. The minimum absolute atomic E-state index is 0.797. The Morgan fingerprint density at radius 2 is 1.80 bits per heavy atom. The van der Waals surface area contributed by atoms with E-state index in [2.05, 4.69) is 28.7 Å². The molecular weight excluding hydrogens is 206 g/mol. The summed E-state index contributed by atoms with van der Waals surface area (Å²) in [7, 11) is 0. The number of halogens is 1. The van der Waals surface area contributed by atoms with E-state index in [1.807, 2.05) is 30.5 Å². The second kappa shape index (κ2) is 3.21. The summed E-state index contributed by atoms with van der Waals surface area (Å²) in [4.78, 5) is 0. The molecule has 0 N–H and O–H groups in total. The molecule has 0 aliphatic heterocycles. The van der Waals surface area contributed by atoms with Crippen LogP contribution in [0, 0.1) is 0 Å². The van der Waals surface area contributed by atoms with Crippen molar-refractivity contribution in [3.63, 3.8) is 0 Å². The third-order valence-electron chi connectivity index (χ3n) is 2.60. The molecule has 1 nitrogen and oxygen atoms in total. The summed E-state index contributed by atoms with van der Waals surface area (Å²) >= 11 is 6.14. The maximum Gasteiger partial charge on any atom is 0.219 e. The van der Waals surface area contributed by atoms with Gasteiger partial charge in [0.05, 0.1) is 10.4 Å². The van der Waals surface area contributed by atoms with Gasteiger partial charge in [-0.1, -0.05) is 17.7 Å². The van der Waals surface area contributed by atoms with Gasteiger partial charge < -0.3 is 0 Å². The summed E-state index contributed by atoms with van der Waals surface area (Å²) in [5, 5.41) is 1.88. The monoisotopic (exact) mass is 214 g/mol. The fourth-order valence-electron chi connectivity index (χ4n) is 1.88. The van der Waals surface area contributed by atoms with Crippen LogP contribution in [0.3, 0.4) is 0 Å². The first-order valence-corrected chi connectivity index (χ1v) is 5.22. The smallest absolute Gasteiger partial charge is 0.160 e. The number of benzene rings is 1. The quantitative estimate of drug-likeness (QED) is 0.400. The van der Waals surface area contributed by atoms with Gasteiger partial charge in [-0.05, 0) is 18.2 Å². The van der Waals surface area contributed by atoms with Gasteiger partial charge in [0.25, 0.3) is 0 Å². The van der Waals surface area contributed by atoms with E-state index in [4.69, 9.17) is 11.6 Å². The zero-order chi connectivity index (χ0) is 10.3. The predicted octanol–water partition coefficient (Wildman–Crippen LogP) is 3.23. The van der Waals surface area contributed by atoms with Gasteiger partial charge in [-0.25, -0.2) is 0 Å². The Bertz CT molecular complexity index is 646. The van der Waals surface area contributed by atoms with Crippen molar-refractivity contribution >= 4 is 28.0 Å². The van der Waals surface area contributed by atoms with E-state index in [0.717, 1.165) is 15.9 Å². The average Bonchev–Trinajstić information content (AvgIpc) is 2.29. The van der Waals surface area contributed by atoms with Crippen LogP contribution in [0.1, 0.15) is 0 Å². The molecule has 0 fully saturated rings. The summed E-state index contributed by atoms with van der Waals surface area (Å²) in [6.45, 7) is 0. The van der Waals surface area contributed by atoms with E-state index in [-0.39, 0.29) is 0 Å². The van der Waals surface area contributed by atoms with Crippen molar-refractivity contribution in [2.45, 2.75) is 0 Å². The molecule has 72 valence electrons. The van der Waals surface area contributed by atoms with Gasteiger partial charge in [-0.2, -0.15) is 4.40 Å². The predicted molar refractivity (Wildman–Crippen MR) is 62.1 cm³/mol. The first kappa shape index (κ1) is 8.69. The van der Waals surface area contributed by atoms with E-state index in [1.165, 1.54) is 5.52 Å². The minimum atomic E-state index is 0.797. The van der Waals surface area contributed by atoms with Crippen molar-refractivity contribution in [3.05, 3.63) is 59.8 Å². The Morgan fingerprint density at radius 3 is 2.73 bits per heavy atom. The lowest BCUT2D eigenvalue weighted by Gasteiger charge is -1.98. The van der Waals surface area contributed by atoms with Gasteiger partial charge in [0.1, 0.15) is 0 Å². The lowest BCUT2D eigenvalue weighted by Crippen LogP contribution is -2.21. The second-order valence-corrected chi connectivity index (χ2v) is 3.91. The molecule has 0 bridgehead atoms. The van der Waals surface area contributed by atoms with E-state index >= 15 is 0 Å². The molecule has 2 aromatic heterocycles. The zero-order valence-corrected chi connectivity index (χ0v) is 8.78. The van der Waals surface area contributed by atoms with Gasteiger partial charge in [-0.3, -0.25) is 0 Å². The average molecular weight is 215 g/mol. The normalized spacial score (nSPS) is 11.0. The SMILES string of the molecule is Clc1cccc2c1ccc1cccc[n+]12. The molecule has 15 heavy (non-hydrogen) atoms. The summed E-state index contributed by atoms with van der Waals surface area (Å²) < 4.78 is 2.14. The second-order valence-electron chi connectivity index (χ2n) is 3.50. The van der Waals surface area contributed by atoms with Crippen LogP contribution < -0.4 is 4.40 Å². The van der Waals surface area contributed by atoms with Crippen LogP contribution in [0.15, 0.2) is 54.7 Å². The highest BCUT2D eigenvalue weighted by Gasteiger charge is 2.08. The summed E-state index contributed by atoms with van der Waals surface area (Å²) in [5.74, 6) is 0. The minimum Gasteiger partial charge on any atom is -0.160 e. The third kappa shape index (κ3) is 1.28. The molecule has 3 aromatic rings. The number of aromatic nitrogens is 1. The number of nitrogens with zero attached hydrogens (tertiary/aromatic N) is 1. The van der Waals surface area contributed by atoms with E-state index < -0.39 is 0 Å². The molecular formula is C13H9ClN+. The molecule has 0 radical (unpaired) electrons. The third-order valence-corrected chi connectivity index (χ3v) is 2.93. The molecule has 3 rings (SSSR count). The largest absolute Gasteiger partial charge is 0.219 e. The highest BCUT2D eigenvalue weighted by Crippen LogP contribution is 2.20. The van der Waals surface area contributed by atoms with Crippen LogP contribution in [-0.2, 0) is 0 Å². The van der Waals surface area contributed by atoms with Crippen molar-refractivity contribution in [2.24, 2.45) is 0 Å². The van der Waals surface area contributed by atoms with Crippen molar-refractivity contribution in [2.75, 3.05) is 0 Å².